The van der Waals surface area contributed by atoms with Crippen molar-refractivity contribution in [1.29, 1.82) is 0 Å². The summed E-state index contributed by atoms with van der Waals surface area (Å²) in [5.74, 6) is -0.371. The SMILES string of the molecule is COC(=O)[C@@H](NC(O)/C=C/[C@@H]1OCCc2ccccc21)C(C)C. The number of methoxy groups -OCH3 is 1. The van der Waals surface area contributed by atoms with Crippen LogP contribution in [0.1, 0.15) is 31.1 Å². The highest BCUT2D eigenvalue weighted by Crippen LogP contribution is 2.27. The third-order valence-corrected chi connectivity index (χ3v) is 3.97. The largest absolute Gasteiger partial charge is 0.468 e. The summed E-state index contributed by atoms with van der Waals surface area (Å²) in [5.41, 5.74) is 2.39. The zero-order valence-electron chi connectivity index (χ0n) is 13.9. The highest BCUT2D eigenvalue weighted by Gasteiger charge is 2.24. The predicted molar refractivity (Wildman–Crippen MR) is 87.8 cm³/mol. The van der Waals surface area contributed by atoms with Crippen molar-refractivity contribution in [2.45, 2.75) is 38.6 Å². The van der Waals surface area contributed by atoms with E-state index >= 15 is 0 Å². The van der Waals surface area contributed by atoms with Crippen LogP contribution >= 0.6 is 0 Å². The van der Waals surface area contributed by atoms with Gasteiger partial charge in [-0.05, 0) is 29.5 Å². The van der Waals surface area contributed by atoms with Gasteiger partial charge in [-0.3, -0.25) is 10.1 Å². The van der Waals surface area contributed by atoms with E-state index in [0.717, 1.165) is 12.0 Å². The Labute approximate surface area is 137 Å². The number of esters is 1. The molecule has 3 atom stereocenters. The topological polar surface area (TPSA) is 67.8 Å². The van der Waals surface area contributed by atoms with E-state index in [1.165, 1.54) is 12.7 Å². The summed E-state index contributed by atoms with van der Waals surface area (Å²) < 4.78 is 10.5. The van der Waals surface area contributed by atoms with Crippen LogP contribution in [0.2, 0.25) is 0 Å². The van der Waals surface area contributed by atoms with Crippen LogP contribution in [-0.2, 0) is 20.7 Å². The van der Waals surface area contributed by atoms with E-state index in [2.05, 4.69) is 11.4 Å². The number of hydrogen-bond acceptors (Lipinski definition) is 5. The minimum atomic E-state index is -0.945. The van der Waals surface area contributed by atoms with Crippen LogP contribution in [0, 0.1) is 5.92 Å². The van der Waals surface area contributed by atoms with Crippen molar-refractivity contribution >= 4 is 5.97 Å². The molecule has 1 aliphatic heterocycles. The van der Waals surface area contributed by atoms with Gasteiger partial charge in [0.1, 0.15) is 18.4 Å². The monoisotopic (exact) mass is 319 g/mol. The van der Waals surface area contributed by atoms with E-state index < -0.39 is 12.3 Å². The molecule has 0 saturated carbocycles. The summed E-state index contributed by atoms with van der Waals surface area (Å²) in [5, 5.41) is 13.0. The van der Waals surface area contributed by atoms with Gasteiger partial charge in [0.15, 0.2) is 0 Å². The molecular formula is C18H25NO4. The fourth-order valence-electron chi connectivity index (χ4n) is 2.69. The summed E-state index contributed by atoms with van der Waals surface area (Å²) in [4.78, 5) is 11.7. The Morgan fingerprint density at radius 3 is 2.87 bits per heavy atom. The lowest BCUT2D eigenvalue weighted by Gasteiger charge is -2.25. The number of aliphatic hydroxyl groups is 1. The first kappa shape index (κ1) is 17.7. The van der Waals surface area contributed by atoms with Crippen LogP contribution in [0.3, 0.4) is 0 Å². The molecule has 0 aliphatic carbocycles. The zero-order valence-corrected chi connectivity index (χ0v) is 13.9. The summed E-state index contributed by atoms with van der Waals surface area (Å²) in [6.45, 7) is 4.45. The Hall–Kier alpha value is -1.69. The number of benzene rings is 1. The first-order chi connectivity index (χ1) is 11.0. The van der Waals surface area contributed by atoms with Crippen molar-refractivity contribution in [1.82, 2.24) is 5.32 Å². The van der Waals surface area contributed by atoms with Crippen LogP contribution < -0.4 is 5.32 Å². The predicted octanol–water partition coefficient (Wildman–Crippen LogP) is 1.96. The lowest BCUT2D eigenvalue weighted by atomic mass is 9.97. The lowest BCUT2D eigenvalue weighted by molar-refractivity contribution is -0.145. The molecule has 126 valence electrons. The van der Waals surface area contributed by atoms with Gasteiger partial charge in [0.25, 0.3) is 0 Å². The molecule has 0 aromatic heterocycles. The second kappa shape index (κ2) is 8.24. The van der Waals surface area contributed by atoms with Crippen molar-refractivity contribution in [3.8, 4) is 0 Å². The first-order valence-corrected chi connectivity index (χ1v) is 7.92. The summed E-state index contributed by atoms with van der Waals surface area (Å²) in [6.07, 6.45) is 3.22. The Balaban J connectivity index is 2.01. The van der Waals surface area contributed by atoms with Crippen LogP contribution in [-0.4, -0.2) is 37.1 Å². The second-order valence-corrected chi connectivity index (χ2v) is 5.98. The summed E-state index contributed by atoms with van der Waals surface area (Å²) in [7, 11) is 1.34. The Morgan fingerprint density at radius 2 is 2.17 bits per heavy atom. The number of ether oxygens (including phenoxy) is 2. The van der Waals surface area contributed by atoms with Gasteiger partial charge in [-0.2, -0.15) is 0 Å². The number of hydrogen-bond donors (Lipinski definition) is 2. The van der Waals surface area contributed by atoms with E-state index in [1.54, 1.807) is 6.08 Å². The third-order valence-electron chi connectivity index (χ3n) is 3.97. The van der Waals surface area contributed by atoms with Gasteiger partial charge in [0.05, 0.1) is 13.7 Å². The second-order valence-electron chi connectivity index (χ2n) is 5.98. The fraction of sp³-hybridized carbons (Fsp3) is 0.500. The average Bonchev–Trinajstić information content (AvgIpc) is 2.56. The smallest absolute Gasteiger partial charge is 0.323 e. The number of aliphatic hydroxyl groups excluding tert-OH is 1. The normalized spacial score (nSPS) is 20.3. The van der Waals surface area contributed by atoms with Crippen molar-refractivity contribution < 1.29 is 19.4 Å². The summed E-state index contributed by atoms with van der Waals surface area (Å²) >= 11 is 0. The van der Waals surface area contributed by atoms with Crippen molar-refractivity contribution in [2.75, 3.05) is 13.7 Å². The van der Waals surface area contributed by atoms with Gasteiger partial charge in [-0.1, -0.05) is 44.2 Å². The molecule has 23 heavy (non-hydrogen) atoms. The molecule has 0 radical (unpaired) electrons. The van der Waals surface area contributed by atoms with Gasteiger partial charge in [-0.15, -0.1) is 0 Å². The lowest BCUT2D eigenvalue weighted by Crippen LogP contribution is -2.46. The quantitative estimate of drug-likeness (QED) is 0.477. The van der Waals surface area contributed by atoms with Gasteiger partial charge >= 0.3 is 5.97 Å². The van der Waals surface area contributed by atoms with E-state index in [1.807, 2.05) is 38.1 Å². The highest BCUT2D eigenvalue weighted by molar-refractivity contribution is 5.75. The van der Waals surface area contributed by atoms with E-state index in [0.29, 0.717) is 6.61 Å². The Morgan fingerprint density at radius 1 is 1.43 bits per heavy atom. The molecule has 1 unspecified atom stereocenters. The minimum Gasteiger partial charge on any atom is -0.468 e. The molecule has 1 aromatic rings. The van der Waals surface area contributed by atoms with E-state index in [-0.39, 0.29) is 18.0 Å². The first-order valence-electron chi connectivity index (χ1n) is 7.92. The third kappa shape index (κ3) is 4.64. The number of nitrogens with one attached hydrogen (secondary N) is 1. The van der Waals surface area contributed by atoms with Crippen LogP contribution in [0.5, 0.6) is 0 Å². The molecule has 2 rings (SSSR count). The maximum atomic E-state index is 11.7. The average molecular weight is 319 g/mol. The zero-order chi connectivity index (χ0) is 16.8. The molecule has 0 spiro atoms. The molecule has 0 amide bonds. The van der Waals surface area contributed by atoms with Crippen LogP contribution in [0.15, 0.2) is 36.4 Å². The fourth-order valence-corrected chi connectivity index (χ4v) is 2.69. The standard InChI is InChI=1S/C18H25NO4/c1-12(2)17(18(21)22-3)19-16(20)9-8-15-14-7-5-4-6-13(14)10-11-23-15/h4-9,12,15-17,19-20H,10-11H2,1-3H3/b9-8+/t15-,16?,17-/m0/s1. The maximum absolute atomic E-state index is 11.7. The Kier molecular flexibility index (Phi) is 6.33. The number of fused-ring (bicyclic) bond motifs is 1. The van der Waals surface area contributed by atoms with Gasteiger partial charge in [0, 0.05) is 0 Å². The molecule has 0 saturated heterocycles. The maximum Gasteiger partial charge on any atom is 0.323 e. The molecule has 2 N–H and O–H groups in total. The number of rotatable bonds is 6. The van der Waals surface area contributed by atoms with Gasteiger partial charge in [0.2, 0.25) is 0 Å². The molecule has 0 fully saturated rings. The van der Waals surface area contributed by atoms with Crippen LogP contribution in [0.4, 0.5) is 0 Å². The van der Waals surface area contributed by atoms with E-state index in [9.17, 15) is 9.90 Å². The molecular weight excluding hydrogens is 294 g/mol. The van der Waals surface area contributed by atoms with Crippen molar-refractivity contribution in [3.63, 3.8) is 0 Å². The molecule has 5 nitrogen and oxygen atoms in total. The molecule has 1 aliphatic rings. The minimum absolute atomic E-state index is 0.0113. The number of carbonyl (C=O) groups excluding carboxylic acids is 1. The van der Waals surface area contributed by atoms with Crippen molar-refractivity contribution in [2.24, 2.45) is 5.92 Å². The van der Waals surface area contributed by atoms with Gasteiger partial charge in [-0.25, -0.2) is 0 Å². The van der Waals surface area contributed by atoms with Gasteiger partial charge < -0.3 is 14.6 Å². The van der Waals surface area contributed by atoms with E-state index in [4.69, 9.17) is 9.47 Å². The molecule has 1 heterocycles. The van der Waals surface area contributed by atoms with Crippen LogP contribution in [0.25, 0.3) is 0 Å². The Bertz CT molecular complexity index is 556. The summed E-state index contributed by atoms with van der Waals surface area (Å²) in [6, 6.07) is 7.58. The molecule has 0 bridgehead atoms. The molecule has 5 heteroatoms. The van der Waals surface area contributed by atoms with Crippen molar-refractivity contribution in [3.05, 3.63) is 47.5 Å². The molecule has 1 aromatic carbocycles. The highest BCUT2D eigenvalue weighted by atomic mass is 16.5. The number of carbonyl (C=O) groups is 1.